The summed E-state index contributed by atoms with van der Waals surface area (Å²) in [6.07, 6.45) is 1.02. The van der Waals surface area contributed by atoms with Gasteiger partial charge >= 0.3 is 0 Å². The summed E-state index contributed by atoms with van der Waals surface area (Å²) >= 11 is 3.42. The number of hydrogen-bond donors (Lipinski definition) is 2. The van der Waals surface area contributed by atoms with Crippen molar-refractivity contribution in [3.05, 3.63) is 34.3 Å². The molecule has 0 bridgehead atoms. The van der Waals surface area contributed by atoms with Crippen molar-refractivity contribution in [1.82, 2.24) is 5.32 Å². The highest BCUT2D eigenvalue weighted by molar-refractivity contribution is 9.10. The number of benzene rings is 1. The van der Waals surface area contributed by atoms with E-state index in [9.17, 15) is 0 Å². The first kappa shape index (κ1) is 9.19. The zero-order valence-electron chi connectivity index (χ0n) is 7.39. The van der Waals surface area contributed by atoms with Crippen LogP contribution < -0.4 is 11.1 Å². The minimum Gasteiger partial charge on any atom is -0.320 e. The largest absolute Gasteiger partial charge is 0.320 e. The van der Waals surface area contributed by atoms with Crippen LogP contribution in [0.25, 0.3) is 0 Å². The van der Waals surface area contributed by atoms with Crippen LogP contribution in [0.15, 0.2) is 28.7 Å². The number of hydrogen-bond acceptors (Lipinski definition) is 2. The van der Waals surface area contributed by atoms with Gasteiger partial charge in [0.15, 0.2) is 0 Å². The van der Waals surface area contributed by atoms with E-state index in [0.717, 1.165) is 24.0 Å². The second kappa shape index (κ2) is 3.40. The Kier molecular flexibility index (Phi) is 2.41. The van der Waals surface area contributed by atoms with Crippen molar-refractivity contribution in [3.8, 4) is 0 Å². The molecule has 0 unspecified atom stereocenters. The minimum absolute atomic E-state index is 0.152. The van der Waals surface area contributed by atoms with Crippen LogP contribution in [0.3, 0.4) is 0 Å². The standard InChI is InChI=1S/C10H13BrN2/c11-9-3-1-8(2-4-9)10(12)5-6-13-7-10/h1-4,13H,5-7,12H2/t10-/m1/s1. The summed E-state index contributed by atoms with van der Waals surface area (Å²) in [6, 6.07) is 8.28. The molecule has 2 nitrogen and oxygen atoms in total. The van der Waals surface area contributed by atoms with Crippen molar-refractivity contribution in [2.24, 2.45) is 5.73 Å². The molecule has 3 heteroatoms. The molecule has 0 aliphatic carbocycles. The van der Waals surface area contributed by atoms with Gasteiger partial charge in [0, 0.05) is 11.0 Å². The van der Waals surface area contributed by atoms with E-state index in [1.165, 1.54) is 5.56 Å². The molecular weight excluding hydrogens is 228 g/mol. The van der Waals surface area contributed by atoms with Crippen LogP contribution in [0.1, 0.15) is 12.0 Å². The van der Waals surface area contributed by atoms with Gasteiger partial charge in [0.25, 0.3) is 0 Å². The summed E-state index contributed by atoms with van der Waals surface area (Å²) in [7, 11) is 0. The molecule has 0 saturated carbocycles. The maximum atomic E-state index is 6.25. The lowest BCUT2D eigenvalue weighted by atomic mass is 9.90. The van der Waals surface area contributed by atoms with Crippen LogP contribution in [-0.4, -0.2) is 13.1 Å². The van der Waals surface area contributed by atoms with E-state index in [0.29, 0.717) is 0 Å². The van der Waals surface area contributed by atoms with Crippen LogP contribution in [-0.2, 0) is 5.54 Å². The maximum Gasteiger partial charge on any atom is 0.0548 e. The Labute approximate surface area is 86.6 Å². The summed E-state index contributed by atoms with van der Waals surface area (Å²) in [4.78, 5) is 0. The van der Waals surface area contributed by atoms with Gasteiger partial charge in [0.05, 0.1) is 5.54 Å². The summed E-state index contributed by atoms with van der Waals surface area (Å²) < 4.78 is 1.10. The van der Waals surface area contributed by atoms with Crippen molar-refractivity contribution < 1.29 is 0 Å². The molecule has 1 fully saturated rings. The first-order valence-electron chi connectivity index (χ1n) is 4.46. The highest BCUT2D eigenvalue weighted by Crippen LogP contribution is 2.25. The molecule has 1 aromatic rings. The first-order valence-corrected chi connectivity index (χ1v) is 5.26. The van der Waals surface area contributed by atoms with Crippen molar-refractivity contribution in [2.45, 2.75) is 12.0 Å². The van der Waals surface area contributed by atoms with Gasteiger partial charge in [-0.05, 0) is 30.7 Å². The molecule has 1 heterocycles. The number of halogens is 1. The minimum atomic E-state index is -0.152. The molecule has 1 saturated heterocycles. The van der Waals surface area contributed by atoms with Gasteiger partial charge in [-0.15, -0.1) is 0 Å². The van der Waals surface area contributed by atoms with Crippen LogP contribution in [0.2, 0.25) is 0 Å². The Morgan fingerprint density at radius 1 is 1.31 bits per heavy atom. The van der Waals surface area contributed by atoms with E-state index < -0.39 is 0 Å². The predicted molar refractivity (Wildman–Crippen MR) is 57.5 cm³/mol. The zero-order valence-corrected chi connectivity index (χ0v) is 8.97. The molecule has 0 aromatic heterocycles. The van der Waals surface area contributed by atoms with Crippen molar-refractivity contribution >= 4 is 15.9 Å². The van der Waals surface area contributed by atoms with Crippen LogP contribution in [0.4, 0.5) is 0 Å². The molecule has 1 atom stereocenters. The van der Waals surface area contributed by atoms with Gasteiger partial charge in [0.2, 0.25) is 0 Å². The highest BCUT2D eigenvalue weighted by Gasteiger charge is 2.30. The molecule has 13 heavy (non-hydrogen) atoms. The third-order valence-electron chi connectivity index (χ3n) is 2.61. The Balaban J connectivity index is 2.29. The Bertz CT molecular complexity index is 288. The van der Waals surface area contributed by atoms with Gasteiger partial charge in [-0.3, -0.25) is 0 Å². The fourth-order valence-corrected chi connectivity index (χ4v) is 2.00. The van der Waals surface area contributed by atoms with Crippen molar-refractivity contribution in [1.29, 1.82) is 0 Å². The monoisotopic (exact) mass is 240 g/mol. The Hall–Kier alpha value is -0.380. The van der Waals surface area contributed by atoms with Crippen LogP contribution in [0.5, 0.6) is 0 Å². The summed E-state index contributed by atoms with van der Waals surface area (Å²) in [5.41, 5.74) is 7.32. The van der Waals surface area contributed by atoms with Gasteiger partial charge in [-0.2, -0.15) is 0 Å². The smallest absolute Gasteiger partial charge is 0.0548 e. The van der Waals surface area contributed by atoms with Crippen molar-refractivity contribution in [3.63, 3.8) is 0 Å². The molecule has 0 amide bonds. The zero-order chi connectivity index (χ0) is 9.31. The van der Waals surface area contributed by atoms with E-state index in [-0.39, 0.29) is 5.54 Å². The third kappa shape index (κ3) is 1.77. The Morgan fingerprint density at radius 2 is 2.00 bits per heavy atom. The summed E-state index contributed by atoms with van der Waals surface area (Å²) in [5, 5.41) is 3.29. The third-order valence-corrected chi connectivity index (χ3v) is 3.14. The molecule has 0 radical (unpaired) electrons. The average Bonchev–Trinajstić information content (AvgIpc) is 2.54. The average molecular weight is 241 g/mol. The fraction of sp³-hybridized carbons (Fsp3) is 0.400. The lowest BCUT2D eigenvalue weighted by Gasteiger charge is -2.23. The number of rotatable bonds is 1. The number of nitrogens with two attached hydrogens (primary N) is 1. The SMILES string of the molecule is N[C@]1(c2ccc(Br)cc2)CCNC1. The lowest BCUT2D eigenvalue weighted by molar-refractivity contribution is 0.494. The molecule has 0 spiro atoms. The molecule has 1 aromatic carbocycles. The van der Waals surface area contributed by atoms with E-state index in [4.69, 9.17) is 5.73 Å². The van der Waals surface area contributed by atoms with E-state index in [2.05, 4.69) is 33.4 Å². The van der Waals surface area contributed by atoms with Gasteiger partial charge < -0.3 is 11.1 Å². The summed E-state index contributed by atoms with van der Waals surface area (Å²) in [6.45, 7) is 1.90. The first-order chi connectivity index (χ1) is 6.21. The van der Waals surface area contributed by atoms with Gasteiger partial charge in [-0.25, -0.2) is 0 Å². The second-order valence-corrected chi connectivity index (χ2v) is 4.51. The normalized spacial score (nSPS) is 27.8. The van der Waals surface area contributed by atoms with Crippen molar-refractivity contribution in [2.75, 3.05) is 13.1 Å². The topological polar surface area (TPSA) is 38.0 Å². The molecule has 1 aliphatic heterocycles. The lowest BCUT2D eigenvalue weighted by Crippen LogP contribution is -2.38. The van der Waals surface area contributed by atoms with Crippen LogP contribution >= 0.6 is 15.9 Å². The van der Waals surface area contributed by atoms with Gasteiger partial charge in [-0.1, -0.05) is 28.1 Å². The fourth-order valence-electron chi connectivity index (χ4n) is 1.74. The molecular formula is C10H13BrN2. The molecule has 3 N–H and O–H groups in total. The van der Waals surface area contributed by atoms with E-state index >= 15 is 0 Å². The quantitative estimate of drug-likeness (QED) is 0.783. The van der Waals surface area contributed by atoms with E-state index in [1.54, 1.807) is 0 Å². The summed E-state index contributed by atoms with van der Waals surface area (Å²) in [5.74, 6) is 0. The Morgan fingerprint density at radius 3 is 2.54 bits per heavy atom. The number of nitrogens with one attached hydrogen (secondary N) is 1. The highest BCUT2D eigenvalue weighted by atomic mass is 79.9. The molecule has 70 valence electrons. The van der Waals surface area contributed by atoms with E-state index in [1.807, 2.05) is 12.1 Å². The van der Waals surface area contributed by atoms with Gasteiger partial charge in [0.1, 0.15) is 0 Å². The van der Waals surface area contributed by atoms with Crippen LogP contribution in [0, 0.1) is 0 Å². The molecule has 2 rings (SSSR count). The second-order valence-electron chi connectivity index (χ2n) is 3.59. The predicted octanol–water partition coefficient (Wildman–Crippen LogP) is 1.60. The molecule has 1 aliphatic rings. The maximum absolute atomic E-state index is 6.25.